The summed E-state index contributed by atoms with van der Waals surface area (Å²) in [7, 11) is 0. The first-order valence-corrected chi connectivity index (χ1v) is 7.55. The van der Waals surface area contributed by atoms with Gasteiger partial charge in [0.05, 0.1) is 0 Å². The molecule has 0 radical (unpaired) electrons. The Morgan fingerprint density at radius 2 is 1.67 bits per heavy atom. The topological polar surface area (TPSA) is 98.7 Å². The first-order valence-electron chi connectivity index (χ1n) is 7.55. The van der Waals surface area contributed by atoms with E-state index in [1.165, 1.54) is 0 Å². The highest BCUT2D eigenvalue weighted by Gasteiger charge is 2.43. The molecule has 0 bridgehead atoms. The third-order valence-corrected chi connectivity index (χ3v) is 4.36. The van der Waals surface area contributed by atoms with Gasteiger partial charge in [0.2, 0.25) is 5.91 Å². The second-order valence-electron chi connectivity index (χ2n) is 5.95. The standard InChI is InChI=1S/C14H23N3O4/c1-10(11(18)17-8-4-5-9-17)15-13(21)16-14(12(19)20)6-2-3-7-14/h10H,2-9H2,1H3,(H,19,20)(H2,15,16,21). The van der Waals surface area contributed by atoms with Crippen LogP contribution in [0.4, 0.5) is 4.79 Å². The number of rotatable bonds is 4. The van der Waals surface area contributed by atoms with Crippen molar-refractivity contribution in [3.05, 3.63) is 0 Å². The van der Waals surface area contributed by atoms with Gasteiger partial charge in [-0.1, -0.05) is 12.8 Å². The molecule has 7 nitrogen and oxygen atoms in total. The number of carboxylic acids is 1. The van der Waals surface area contributed by atoms with Crippen LogP contribution >= 0.6 is 0 Å². The monoisotopic (exact) mass is 297 g/mol. The number of carboxylic acid groups (broad SMARTS) is 1. The average Bonchev–Trinajstić information content (AvgIpc) is 3.08. The molecule has 7 heteroatoms. The number of hydrogen-bond donors (Lipinski definition) is 3. The fraction of sp³-hybridized carbons (Fsp3) is 0.786. The lowest BCUT2D eigenvalue weighted by Gasteiger charge is -2.27. The second kappa shape index (κ2) is 6.32. The van der Waals surface area contributed by atoms with Crippen molar-refractivity contribution in [1.29, 1.82) is 0 Å². The number of nitrogens with zero attached hydrogens (tertiary/aromatic N) is 1. The minimum atomic E-state index is -1.18. The molecule has 2 rings (SSSR count). The van der Waals surface area contributed by atoms with E-state index in [0.29, 0.717) is 12.8 Å². The van der Waals surface area contributed by atoms with Crippen LogP contribution in [0.3, 0.4) is 0 Å². The highest BCUT2D eigenvalue weighted by molar-refractivity contribution is 5.90. The number of nitrogens with one attached hydrogen (secondary N) is 2. The van der Waals surface area contributed by atoms with E-state index in [-0.39, 0.29) is 5.91 Å². The van der Waals surface area contributed by atoms with Gasteiger partial charge >= 0.3 is 12.0 Å². The Hall–Kier alpha value is -1.79. The van der Waals surface area contributed by atoms with Crippen LogP contribution in [0.25, 0.3) is 0 Å². The molecule has 3 N–H and O–H groups in total. The van der Waals surface area contributed by atoms with E-state index in [9.17, 15) is 19.5 Å². The predicted molar refractivity (Wildman–Crippen MR) is 75.8 cm³/mol. The molecule has 0 aromatic rings. The summed E-state index contributed by atoms with van der Waals surface area (Å²) < 4.78 is 0. The lowest BCUT2D eigenvalue weighted by atomic mass is 9.98. The van der Waals surface area contributed by atoms with Crippen molar-refractivity contribution in [2.45, 2.75) is 57.0 Å². The summed E-state index contributed by atoms with van der Waals surface area (Å²) in [4.78, 5) is 37.2. The molecule has 1 aliphatic heterocycles. The van der Waals surface area contributed by atoms with Gasteiger partial charge in [0.1, 0.15) is 11.6 Å². The summed E-state index contributed by atoms with van der Waals surface area (Å²) in [6.07, 6.45) is 4.43. The first kappa shape index (κ1) is 15.6. The zero-order chi connectivity index (χ0) is 15.5. The maximum Gasteiger partial charge on any atom is 0.329 e. The van der Waals surface area contributed by atoms with Crippen molar-refractivity contribution in [3.63, 3.8) is 0 Å². The molecule has 118 valence electrons. The van der Waals surface area contributed by atoms with Gasteiger partial charge in [0.15, 0.2) is 0 Å². The van der Waals surface area contributed by atoms with Crippen LogP contribution in [-0.4, -0.2) is 52.6 Å². The van der Waals surface area contributed by atoms with Crippen LogP contribution < -0.4 is 10.6 Å². The molecule has 0 aromatic heterocycles. The lowest BCUT2D eigenvalue weighted by molar-refractivity contribution is -0.144. The molecule has 2 fully saturated rings. The van der Waals surface area contributed by atoms with Crippen LogP contribution in [0.2, 0.25) is 0 Å². The third-order valence-electron chi connectivity index (χ3n) is 4.36. The Kier molecular flexibility index (Phi) is 4.69. The number of amides is 3. The number of urea groups is 1. The second-order valence-corrected chi connectivity index (χ2v) is 5.95. The van der Waals surface area contributed by atoms with Gasteiger partial charge in [-0.25, -0.2) is 9.59 Å². The van der Waals surface area contributed by atoms with E-state index in [1.807, 2.05) is 0 Å². The van der Waals surface area contributed by atoms with Crippen LogP contribution in [0.15, 0.2) is 0 Å². The SMILES string of the molecule is CC(NC(=O)NC1(C(=O)O)CCCC1)C(=O)N1CCCC1. The van der Waals surface area contributed by atoms with Crippen LogP contribution in [0.1, 0.15) is 45.4 Å². The highest BCUT2D eigenvalue weighted by Crippen LogP contribution is 2.29. The van der Waals surface area contributed by atoms with Crippen LogP contribution in [0.5, 0.6) is 0 Å². The van der Waals surface area contributed by atoms with Crippen LogP contribution in [0, 0.1) is 0 Å². The molecule has 1 unspecified atom stereocenters. The maximum absolute atomic E-state index is 12.1. The van der Waals surface area contributed by atoms with Gasteiger partial charge in [-0.15, -0.1) is 0 Å². The number of carbonyl (C=O) groups excluding carboxylic acids is 2. The molecule has 1 saturated carbocycles. The van der Waals surface area contributed by atoms with Crippen molar-refractivity contribution in [2.24, 2.45) is 0 Å². The Labute approximate surface area is 124 Å². The fourth-order valence-electron chi connectivity index (χ4n) is 3.09. The zero-order valence-electron chi connectivity index (χ0n) is 12.4. The molecule has 1 heterocycles. The van der Waals surface area contributed by atoms with Gasteiger partial charge in [-0.3, -0.25) is 4.79 Å². The molecule has 0 aromatic carbocycles. The van der Waals surface area contributed by atoms with E-state index < -0.39 is 23.6 Å². The largest absolute Gasteiger partial charge is 0.480 e. The van der Waals surface area contributed by atoms with E-state index >= 15 is 0 Å². The number of likely N-dealkylation sites (tertiary alicyclic amines) is 1. The third kappa shape index (κ3) is 3.46. The smallest absolute Gasteiger partial charge is 0.329 e. The Balaban J connectivity index is 1.88. The van der Waals surface area contributed by atoms with Crippen molar-refractivity contribution >= 4 is 17.9 Å². The van der Waals surface area contributed by atoms with Gasteiger partial charge in [0, 0.05) is 13.1 Å². The zero-order valence-corrected chi connectivity index (χ0v) is 12.4. The number of carbonyl (C=O) groups is 3. The van der Waals surface area contributed by atoms with Crippen molar-refractivity contribution in [2.75, 3.05) is 13.1 Å². The van der Waals surface area contributed by atoms with Gasteiger partial charge in [-0.2, -0.15) is 0 Å². The highest BCUT2D eigenvalue weighted by atomic mass is 16.4. The fourth-order valence-corrected chi connectivity index (χ4v) is 3.09. The maximum atomic E-state index is 12.1. The minimum Gasteiger partial charge on any atom is -0.480 e. The summed E-state index contributed by atoms with van der Waals surface area (Å²) in [5, 5.41) is 14.4. The lowest BCUT2D eigenvalue weighted by Crippen LogP contribution is -2.58. The summed E-state index contributed by atoms with van der Waals surface area (Å²) in [5.74, 6) is -1.12. The summed E-state index contributed by atoms with van der Waals surface area (Å²) in [6, 6.07) is -1.23. The molecule has 21 heavy (non-hydrogen) atoms. The molecule has 1 aliphatic carbocycles. The van der Waals surface area contributed by atoms with E-state index in [2.05, 4.69) is 10.6 Å². The van der Waals surface area contributed by atoms with Gasteiger partial charge < -0.3 is 20.6 Å². The summed E-state index contributed by atoms with van der Waals surface area (Å²) in [6.45, 7) is 3.08. The molecule has 1 atom stereocenters. The molecule has 1 saturated heterocycles. The average molecular weight is 297 g/mol. The normalized spacial score (nSPS) is 21.9. The van der Waals surface area contributed by atoms with Gasteiger partial charge in [-0.05, 0) is 32.6 Å². The first-order chi connectivity index (χ1) is 9.94. The number of hydrogen-bond acceptors (Lipinski definition) is 3. The Bertz CT molecular complexity index is 426. The Morgan fingerprint density at radius 1 is 1.10 bits per heavy atom. The van der Waals surface area contributed by atoms with Crippen molar-refractivity contribution in [1.82, 2.24) is 15.5 Å². The van der Waals surface area contributed by atoms with E-state index in [1.54, 1.807) is 11.8 Å². The minimum absolute atomic E-state index is 0.113. The van der Waals surface area contributed by atoms with Crippen molar-refractivity contribution in [3.8, 4) is 0 Å². The summed E-state index contributed by atoms with van der Waals surface area (Å²) >= 11 is 0. The van der Waals surface area contributed by atoms with E-state index in [4.69, 9.17) is 0 Å². The molecular weight excluding hydrogens is 274 g/mol. The van der Waals surface area contributed by atoms with Crippen LogP contribution in [-0.2, 0) is 9.59 Å². The molecule has 3 amide bonds. The quantitative estimate of drug-likeness (QED) is 0.711. The Morgan fingerprint density at radius 3 is 2.19 bits per heavy atom. The summed E-state index contributed by atoms with van der Waals surface area (Å²) in [5.41, 5.74) is -1.18. The van der Waals surface area contributed by atoms with Crippen molar-refractivity contribution < 1.29 is 19.5 Å². The molecular formula is C14H23N3O4. The van der Waals surface area contributed by atoms with E-state index in [0.717, 1.165) is 38.8 Å². The molecule has 2 aliphatic rings. The predicted octanol–water partition coefficient (Wildman–Crippen LogP) is 0.694. The number of aliphatic carboxylic acids is 1. The van der Waals surface area contributed by atoms with Gasteiger partial charge in [0.25, 0.3) is 0 Å². The molecule has 0 spiro atoms.